The van der Waals surface area contributed by atoms with Crippen molar-refractivity contribution >= 4 is 23.7 Å². The summed E-state index contributed by atoms with van der Waals surface area (Å²) in [5.74, 6) is -5.65. The SMILES string of the molecule is C=C1C(=O)OC2C3C(CO)=CC(=O)C3=C(C)CC(OC(=O)C(=O)O)C12. The van der Waals surface area contributed by atoms with Crippen LogP contribution < -0.4 is 0 Å². The van der Waals surface area contributed by atoms with Crippen molar-refractivity contribution in [2.45, 2.75) is 25.6 Å². The molecule has 1 aliphatic heterocycles. The Morgan fingerprint density at radius 3 is 2.68 bits per heavy atom. The van der Waals surface area contributed by atoms with E-state index in [1.165, 1.54) is 6.08 Å². The van der Waals surface area contributed by atoms with Gasteiger partial charge in [-0.15, -0.1) is 0 Å². The van der Waals surface area contributed by atoms with E-state index in [1.807, 2.05) is 0 Å². The number of carboxylic acids is 1. The minimum atomic E-state index is -1.76. The molecule has 8 heteroatoms. The van der Waals surface area contributed by atoms with E-state index in [9.17, 15) is 24.3 Å². The fraction of sp³-hybridized carbons (Fsp3) is 0.412. The molecule has 0 spiro atoms. The number of carbonyl (C=O) groups is 4. The Kier molecular flexibility index (Phi) is 4.08. The van der Waals surface area contributed by atoms with Gasteiger partial charge in [0.2, 0.25) is 0 Å². The van der Waals surface area contributed by atoms with E-state index in [0.717, 1.165) is 0 Å². The molecule has 1 fully saturated rings. The van der Waals surface area contributed by atoms with Gasteiger partial charge >= 0.3 is 17.9 Å². The van der Waals surface area contributed by atoms with E-state index >= 15 is 0 Å². The average molecular weight is 348 g/mol. The van der Waals surface area contributed by atoms with E-state index in [4.69, 9.17) is 14.6 Å². The van der Waals surface area contributed by atoms with Crippen molar-refractivity contribution in [3.63, 3.8) is 0 Å². The Morgan fingerprint density at radius 1 is 1.40 bits per heavy atom. The largest absolute Gasteiger partial charge is 0.473 e. The molecule has 0 aromatic rings. The zero-order valence-corrected chi connectivity index (χ0v) is 13.4. The minimum absolute atomic E-state index is 0.0545. The highest BCUT2D eigenvalue weighted by Gasteiger charge is 2.54. The van der Waals surface area contributed by atoms with Gasteiger partial charge < -0.3 is 19.7 Å². The number of fused-ring (bicyclic) bond motifs is 3. The van der Waals surface area contributed by atoms with Gasteiger partial charge in [-0.25, -0.2) is 14.4 Å². The average Bonchev–Trinajstić information content (AvgIpc) is 2.99. The number of esters is 2. The zero-order chi connectivity index (χ0) is 18.5. The summed E-state index contributed by atoms with van der Waals surface area (Å²) >= 11 is 0. The number of carboxylic acid groups (broad SMARTS) is 1. The van der Waals surface area contributed by atoms with E-state index in [1.54, 1.807) is 6.92 Å². The maximum atomic E-state index is 12.3. The lowest BCUT2D eigenvalue weighted by Gasteiger charge is -2.27. The van der Waals surface area contributed by atoms with Crippen LogP contribution >= 0.6 is 0 Å². The van der Waals surface area contributed by atoms with Crippen LogP contribution in [0.3, 0.4) is 0 Å². The maximum Gasteiger partial charge on any atom is 0.417 e. The molecule has 0 amide bonds. The van der Waals surface area contributed by atoms with Crippen LogP contribution in [0.4, 0.5) is 0 Å². The molecule has 3 rings (SSSR count). The number of hydrogen-bond donors (Lipinski definition) is 2. The third-order valence-electron chi connectivity index (χ3n) is 4.87. The Hall–Kier alpha value is -2.74. The summed E-state index contributed by atoms with van der Waals surface area (Å²) in [6.45, 7) is 4.95. The van der Waals surface area contributed by atoms with Crippen LogP contribution in [0.2, 0.25) is 0 Å². The van der Waals surface area contributed by atoms with E-state index in [0.29, 0.717) is 16.7 Å². The molecule has 2 N–H and O–H groups in total. The predicted molar refractivity (Wildman–Crippen MR) is 81.0 cm³/mol. The standard InChI is InChI=1S/C17H16O8/c1-6-3-10(24-17(23)15(20)21)12-7(2)16(22)25-14(12)13-8(5-18)4-9(19)11(6)13/h4,10,12-14,18H,2-3,5H2,1H3,(H,20,21). The van der Waals surface area contributed by atoms with Crippen LogP contribution in [-0.2, 0) is 28.7 Å². The summed E-state index contributed by atoms with van der Waals surface area (Å²) < 4.78 is 10.4. The van der Waals surface area contributed by atoms with Crippen LogP contribution in [0, 0.1) is 11.8 Å². The molecule has 132 valence electrons. The molecule has 8 nitrogen and oxygen atoms in total. The van der Waals surface area contributed by atoms with Gasteiger partial charge in [0.15, 0.2) is 5.78 Å². The highest BCUT2D eigenvalue weighted by atomic mass is 16.6. The molecule has 0 radical (unpaired) electrons. The van der Waals surface area contributed by atoms with Crippen LogP contribution in [0.15, 0.2) is 34.9 Å². The van der Waals surface area contributed by atoms with Gasteiger partial charge in [0.25, 0.3) is 0 Å². The molecule has 1 saturated heterocycles. The number of allylic oxidation sites excluding steroid dienone is 1. The lowest BCUT2D eigenvalue weighted by atomic mass is 9.82. The first-order valence-electron chi connectivity index (χ1n) is 7.65. The quantitative estimate of drug-likeness (QED) is 0.403. The van der Waals surface area contributed by atoms with Crippen molar-refractivity contribution in [2.24, 2.45) is 11.8 Å². The molecule has 3 aliphatic rings. The number of ketones is 1. The summed E-state index contributed by atoms with van der Waals surface area (Å²) in [6.07, 6.45) is -0.499. The Morgan fingerprint density at radius 2 is 2.08 bits per heavy atom. The lowest BCUT2D eigenvalue weighted by Crippen LogP contribution is -2.37. The number of rotatable bonds is 2. The van der Waals surface area contributed by atoms with E-state index < -0.39 is 42.0 Å². The highest BCUT2D eigenvalue weighted by Crippen LogP contribution is 2.48. The third-order valence-corrected chi connectivity index (χ3v) is 4.87. The number of aliphatic hydroxyl groups is 1. The van der Waals surface area contributed by atoms with Gasteiger partial charge in [-0.05, 0) is 18.6 Å². The van der Waals surface area contributed by atoms with Crippen LogP contribution in [0.5, 0.6) is 0 Å². The predicted octanol–water partition coefficient (Wildman–Crippen LogP) is -0.0816. The van der Waals surface area contributed by atoms with Crippen molar-refractivity contribution in [2.75, 3.05) is 6.61 Å². The van der Waals surface area contributed by atoms with Gasteiger partial charge in [0.05, 0.1) is 12.5 Å². The first-order chi connectivity index (χ1) is 11.8. The van der Waals surface area contributed by atoms with Crippen LogP contribution in [0.1, 0.15) is 13.3 Å². The van der Waals surface area contributed by atoms with Crippen molar-refractivity contribution in [1.29, 1.82) is 0 Å². The van der Waals surface area contributed by atoms with Crippen LogP contribution in [0.25, 0.3) is 0 Å². The first-order valence-corrected chi connectivity index (χ1v) is 7.65. The zero-order valence-electron chi connectivity index (χ0n) is 13.4. The van der Waals surface area contributed by atoms with E-state index in [-0.39, 0.29) is 24.4 Å². The Bertz CT molecular complexity index is 772. The topological polar surface area (TPSA) is 127 Å². The summed E-state index contributed by atoms with van der Waals surface area (Å²) in [5.41, 5.74) is 1.44. The second-order valence-electron chi connectivity index (χ2n) is 6.29. The first kappa shape index (κ1) is 17.1. The molecule has 1 heterocycles. The molecule has 4 atom stereocenters. The van der Waals surface area contributed by atoms with E-state index in [2.05, 4.69) is 6.58 Å². The van der Waals surface area contributed by atoms with Crippen LogP contribution in [-0.4, -0.2) is 52.7 Å². The second-order valence-corrected chi connectivity index (χ2v) is 6.29. The van der Waals surface area contributed by atoms with Crippen molar-refractivity contribution in [3.05, 3.63) is 34.9 Å². The van der Waals surface area contributed by atoms with Crippen molar-refractivity contribution < 1.29 is 38.9 Å². The van der Waals surface area contributed by atoms with Gasteiger partial charge in [-0.3, -0.25) is 4.79 Å². The Balaban J connectivity index is 2.07. The molecule has 4 unspecified atom stereocenters. The second kappa shape index (κ2) is 5.96. The summed E-state index contributed by atoms with van der Waals surface area (Å²) in [4.78, 5) is 46.7. The normalized spacial score (nSPS) is 31.1. The highest BCUT2D eigenvalue weighted by molar-refractivity contribution is 6.28. The maximum absolute atomic E-state index is 12.3. The number of carbonyl (C=O) groups excluding carboxylic acids is 3. The summed E-state index contributed by atoms with van der Waals surface area (Å²) in [7, 11) is 0. The fourth-order valence-electron chi connectivity index (χ4n) is 3.83. The molecule has 0 saturated carbocycles. The molecule has 25 heavy (non-hydrogen) atoms. The summed E-state index contributed by atoms with van der Waals surface area (Å²) in [5, 5.41) is 18.4. The monoisotopic (exact) mass is 348 g/mol. The fourth-order valence-corrected chi connectivity index (χ4v) is 3.83. The molecule has 0 aromatic carbocycles. The van der Waals surface area contributed by atoms with Crippen molar-refractivity contribution in [1.82, 2.24) is 0 Å². The number of ether oxygens (including phenoxy) is 2. The molecule has 0 aromatic heterocycles. The number of aliphatic carboxylic acids is 1. The lowest BCUT2D eigenvalue weighted by molar-refractivity contribution is -0.169. The molecule has 0 bridgehead atoms. The molecule has 2 aliphatic carbocycles. The Labute approximate surface area is 142 Å². The number of hydrogen-bond acceptors (Lipinski definition) is 7. The minimum Gasteiger partial charge on any atom is -0.473 e. The van der Waals surface area contributed by atoms with Gasteiger partial charge in [-0.2, -0.15) is 0 Å². The molecular weight excluding hydrogens is 332 g/mol. The van der Waals surface area contributed by atoms with Gasteiger partial charge in [0, 0.05) is 23.5 Å². The number of aliphatic hydroxyl groups excluding tert-OH is 1. The summed E-state index contributed by atoms with van der Waals surface area (Å²) in [6, 6.07) is 0. The van der Waals surface area contributed by atoms with Gasteiger partial charge in [0.1, 0.15) is 12.2 Å². The van der Waals surface area contributed by atoms with Gasteiger partial charge in [-0.1, -0.05) is 12.2 Å². The van der Waals surface area contributed by atoms with Crippen molar-refractivity contribution in [3.8, 4) is 0 Å². The smallest absolute Gasteiger partial charge is 0.417 e. The third kappa shape index (κ3) is 2.58. The molecular formula is C17H16O8.